The van der Waals surface area contributed by atoms with Crippen LogP contribution in [0.25, 0.3) is 0 Å². The number of carbonyl (C=O) groups excluding carboxylic acids is 1. The predicted octanol–water partition coefficient (Wildman–Crippen LogP) is 1.28. The van der Waals surface area contributed by atoms with Crippen LogP contribution in [0.15, 0.2) is 36.9 Å². The van der Waals surface area contributed by atoms with Gasteiger partial charge in [-0.15, -0.1) is 0 Å². The zero-order valence-electron chi connectivity index (χ0n) is 11.3. The highest BCUT2D eigenvalue weighted by Crippen LogP contribution is 2.01. The second-order valence-electron chi connectivity index (χ2n) is 4.18. The van der Waals surface area contributed by atoms with Crippen molar-refractivity contribution in [3.63, 3.8) is 0 Å². The van der Waals surface area contributed by atoms with E-state index in [0.717, 1.165) is 18.5 Å². The SMILES string of the molecule is CCNc1cnc(C(=O)NCCc2cccnc2)cn1. The first-order valence-corrected chi connectivity index (χ1v) is 6.52. The summed E-state index contributed by atoms with van der Waals surface area (Å²) in [6, 6.07) is 3.85. The van der Waals surface area contributed by atoms with E-state index in [1.165, 1.54) is 6.20 Å². The first-order valence-electron chi connectivity index (χ1n) is 6.52. The van der Waals surface area contributed by atoms with Gasteiger partial charge in [0.05, 0.1) is 12.4 Å². The Morgan fingerprint density at radius 1 is 1.25 bits per heavy atom. The molecule has 0 saturated heterocycles. The molecule has 2 N–H and O–H groups in total. The molecular formula is C14H17N5O. The fraction of sp³-hybridized carbons (Fsp3) is 0.286. The summed E-state index contributed by atoms with van der Waals surface area (Å²) >= 11 is 0. The van der Waals surface area contributed by atoms with Gasteiger partial charge < -0.3 is 10.6 Å². The Kier molecular flexibility index (Phi) is 5.00. The lowest BCUT2D eigenvalue weighted by atomic mass is 10.2. The van der Waals surface area contributed by atoms with Crippen molar-refractivity contribution in [2.24, 2.45) is 0 Å². The number of nitrogens with zero attached hydrogens (tertiary/aromatic N) is 3. The van der Waals surface area contributed by atoms with E-state index in [2.05, 4.69) is 25.6 Å². The Labute approximate surface area is 117 Å². The highest BCUT2D eigenvalue weighted by molar-refractivity contribution is 5.91. The van der Waals surface area contributed by atoms with E-state index in [4.69, 9.17) is 0 Å². The summed E-state index contributed by atoms with van der Waals surface area (Å²) in [7, 11) is 0. The van der Waals surface area contributed by atoms with Crippen LogP contribution < -0.4 is 10.6 Å². The molecule has 2 rings (SSSR count). The standard InChI is InChI=1S/C14H17N5O/c1-2-16-13-10-18-12(9-19-13)14(20)17-7-5-11-4-3-6-15-8-11/h3-4,6,8-10H,2,5,7H2,1H3,(H,16,19)(H,17,20). The average molecular weight is 271 g/mol. The maximum absolute atomic E-state index is 11.9. The van der Waals surface area contributed by atoms with Gasteiger partial charge in [0.15, 0.2) is 0 Å². The molecule has 0 aliphatic heterocycles. The number of hydrogen-bond acceptors (Lipinski definition) is 5. The Morgan fingerprint density at radius 2 is 2.15 bits per heavy atom. The summed E-state index contributed by atoms with van der Waals surface area (Å²) < 4.78 is 0. The fourth-order valence-electron chi connectivity index (χ4n) is 1.67. The Hall–Kier alpha value is -2.50. The summed E-state index contributed by atoms with van der Waals surface area (Å²) in [6.45, 7) is 3.28. The third-order valence-electron chi connectivity index (χ3n) is 2.66. The molecule has 0 atom stereocenters. The van der Waals surface area contributed by atoms with Crippen LogP contribution in [0, 0.1) is 0 Å². The minimum absolute atomic E-state index is 0.218. The lowest BCUT2D eigenvalue weighted by Gasteiger charge is -2.05. The van der Waals surface area contributed by atoms with Crippen LogP contribution in [0.5, 0.6) is 0 Å². The summed E-state index contributed by atoms with van der Waals surface area (Å²) in [5.41, 5.74) is 1.40. The quantitative estimate of drug-likeness (QED) is 0.827. The molecule has 0 aromatic carbocycles. The molecule has 2 heterocycles. The normalized spacial score (nSPS) is 10.1. The Balaban J connectivity index is 1.82. The molecule has 1 amide bonds. The van der Waals surface area contributed by atoms with Crippen molar-refractivity contribution in [2.75, 3.05) is 18.4 Å². The topological polar surface area (TPSA) is 79.8 Å². The molecular weight excluding hydrogens is 254 g/mol. The molecule has 0 spiro atoms. The summed E-state index contributed by atoms with van der Waals surface area (Å²) in [4.78, 5) is 24.1. The molecule has 0 saturated carbocycles. The molecule has 0 bridgehead atoms. The molecule has 0 aliphatic rings. The van der Waals surface area contributed by atoms with Crippen LogP contribution in [-0.2, 0) is 6.42 Å². The smallest absolute Gasteiger partial charge is 0.271 e. The zero-order valence-corrected chi connectivity index (χ0v) is 11.3. The van der Waals surface area contributed by atoms with Gasteiger partial charge in [0.1, 0.15) is 11.5 Å². The maximum Gasteiger partial charge on any atom is 0.271 e. The van der Waals surface area contributed by atoms with Gasteiger partial charge in [-0.3, -0.25) is 9.78 Å². The van der Waals surface area contributed by atoms with Crippen LogP contribution >= 0.6 is 0 Å². The highest BCUT2D eigenvalue weighted by Gasteiger charge is 2.07. The number of pyridine rings is 1. The van der Waals surface area contributed by atoms with Crippen molar-refractivity contribution in [2.45, 2.75) is 13.3 Å². The first kappa shape index (κ1) is 13.9. The molecule has 104 valence electrons. The van der Waals surface area contributed by atoms with Crippen LogP contribution in [-0.4, -0.2) is 33.9 Å². The molecule has 0 unspecified atom stereocenters. The summed E-state index contributed by atoms with van der Waals surface area (Å²) in [5, 5.41) is 5.84. The highest BCUT2D eigenvalue weighted by atomic mass is 16.1. The number of aromatic nitrogens is 3. The van der Waals surface area contributed by atoms with Gasteiger partial charge in [0.25, 0.3) is 5.91 Å². The largest absolute Gasteiger partial charge is 0.369 e. The third kappa shape index (κ3) is 4.01. The van der Waals surface area contributed by atoms with Crippen molar-refractivity contribution in [1.82, 2.24) is 20.3 Å². The number of nitrogens with one attached hydrogen (secondary N) is 2. The van der Waals surface area contributed by atoms with Crippen LogP contribution in [0.3, 0.4) is 0 Å². The molecule has 2 aromatic rings. The molecule has 0 aliphatic carbocycles. The van der Waals surface area contributed by atoms with E-state index in [-0.39, 0.29) is 5.91 Å². The van der Waals surface area contributed by atoms with Crippen LogP contribution in [0.2, 0.25) is 0 Å². The lowest BCUT2D eigenvalue weighted by Crippen LogP contribution is -2.26. The molecule has 0 fully saturated rings. The van der Waals surface area contributed by atoms with Gasteiger partial charge in [-0.2, -0.15) is 0 Å². The zero-order chi connectivity index (χ0) is 14.2. The van der Waals surface area contributed by atoms with Crippen molar-refractivity contribution >= 4 is 11.7 Å². The van der Waals surface area contributed by atoms with E-state index in [1.807, 2.05) is 19.1 Å². The van der Waals surface area contributed by atoms with Gasteiger partial charge in [-0.1, -0.05) is 6.07 Å². The van der Waals surface area contributed by atoms with Crippen molar-refractivity contribution < 1.29 is 4.79 Å². The number of carbonyl (C=O) groups is 1. The number of hydrogen-bond donors (Lipinski definition) is 2. The van der Waals surface area contributed by atoms with E-state index in [0.29, 0.717) is 18.1 Å². The Morgan fingerprint density at radius 3 is 2.80 bits per heavy atom. The molecule has 2 aromatic heterocycles. The summed E-state index contributed by atoms with van der Waals surface area (Å²) in [5.74, 6) is 0.448. The Bertz CT molecular complexity index is 541. The lowest BCUT2D eigenvalue weighted by molar-refractivity contribution is 0.0949. The van der Waals surface area contributed by atoms with Gasteiger partial charge in [0.2, 0.25) is 0 Å². The maximum atomic E-state index is 11.9. The second kappa shape index (κ2) is 7.18. The fourth-order valence-corrected chi connectivity index (χ4v) is 1.67. The number of amides is 1. The van der Waals surface area contributed by atoms with Gasteiger partial charge in [-0.05, 0) is 25.0 Å². The minimum atomic E-state index is -0.218. The van der Waals surface area contributed by atoms with E-state index < -0.39 is 0 Å². The van der Waals surface area contributed by atoms with Crippen LogP contribution in [0.4, 0.5) is 5.82 Å². The number of rotatable bonds is 6. The molecule has 0 radical (unpaired) electrons. The van der Waals surface area contributed by atoms with Gasteiger partial charge in [0, 0.05) is 25.5 Å². The van der Waals surface area contributed by atoms with Gasteiger partial charge >= 0.3 is 0 Å². The van der Waals surface area contributed by atoms with E-state index in [1.54, 1.807) is 18.6 Å². The summed E-state index contributed by atoms with van der Waals surface area (Å²) in [6.07, 6.45) is 7.28. The number of anilines is 1. The molecule has 20 heavy (non-hydrogen) atoms. The third-order valence-corrected chi connectivity index (χ3v) is 2.66. The monoisotopic (exact) mass is 271 g/mol. The first-order chi connectivity index (χ1) is 9.79. The van der Waals surface area contributed by atoms with E-state index >= 15 is 0 Å². The van der Waals surface area contributed by atoms with Crippen molar-refractivity contribution in [1.29, 1.82) is 0 Å². The predicted molar refractivity (Wildman–Crippen MR) is 76.5 cm³/mol. The second-order valence-corrected chi connectivity index (χ2v) is 4.18. The van der Waals surface area contributed by atoms with E-state index in [9.17, 15) is 4.79 Å². The molecule has 6 nitrogen and oxygen atoms in total. The van der Waals surface area contributed by atoms with Gasteiger partial charge in [-0.25, -0.2) is 9.97 Å². The van der Waals surface area contributed by atoms with Crippen molar-refractivity contribution in [3.8, 4) is 0 Å². The molecule has 6 heteroatoms. The van der Waals surface area contributed by atoms with Crippen molar-refractivity contribution in [3.05, 3.63) is 48.2 Å². The minimum Gasteiger partial charge on any atom is -0.369 e. The van der Waals surface area contributed by atoms with Crippen LogP contribution in [0.1, 0.15) is 23.0 Å². The average Bonchev–Trinajstić information content (AvgIpc) is 2.49.